The van der Waals surface area contributed by atoms with Gasteiger partial charge in [0.15, 0.2) is 12.2 Å². The monoisotopic (exact) mass is 527 g/mol. The topological polar surface area (TPSA) is 147 Å². The van der Waals surface area contributed by atoms with Gasteiger partial charge >= 0.3 is 0 Å². The molecule has 2 aromatic carbocycles. The molecule has 37 heavy (non-hydrogen) atoms. The first-order chi connectivity index (χ1) is 17.8. The zero-order chi connectivity index (χ0) is 26.1. The number of benzene rings is 2. The highest BCUT2D eigenvalue weighted by Gasteiger charge is 2.39. The van der Waals surface area contributed by atoms with Crippen molar-refractivity contribution in [1.29, 1.82) is 0 Å². The van der Waals surface area contributed by atoms with Crippen molar-refractivity contribution in [2.45, 2.75) is 18.8 Å². The standard InChI is InChI=1S/C25H26ClN5O6/c26-19-12-16(2-4-18(19)24(34)30-5-8-36-9-6-30)31-7-10-37-21(25(31)35)20(32)23(33)29-15-1-3-17-14(11-15)13-28-22(17)27/h1-4,11-12,20-21,32H,5-10,13H2,(H2,27,28)(H,29,33)/t20-,21-/m1/s1. The number of aliphatic imine (C=N–C) groups is 1. The van der Waals surface area contributed by atoms with Crippen LogP contribution in [-0.2, 0) is 25.6 Å². The van der Waals surface area contributed by atoms with Crippen molar-refractivity contribution in [3.05, 3.63) is 58.1 Å². The van der Waals surface area contributed by atoms with Crippen molar-refractivity contribution in [2.75, 3.05) is 49.7 Å². The SMILES string of the molecule is NC1=NCc2cc(NC(=O)[C@H](O)[C@H]3OCCN(c4ccc(C(=O)N5CCOCC5)c(Cl)c4)C3=O)ccc21. The summed E-state index contributed by atoms with van der Waals surface area (Å²) in [6.45, 7) is 2.60. The van der Waals surface area contributed by atoms with Crippen LogP contribution in [0.5, 0.6) is 0 Å². The van der Waals surface area contributed by atoms with E-state index in [2.05, 4.69) is 10.3 Å². The predicted molar refractivity (Wildman–Crippen MR) is 136 cm³/mol. The molecule has 2 fully saturated rings. The van der Waals surface area contributed by atoms with Crippen LogP contribution in [0.15, 0.2) is 41.4 Å². The number of amidine groups is 1. The molecule has 0 aliphatic carbocycles. The summed E-state index contributed by atoms with van der Waals surface area (Å²) in [6, 6.07) is 9.83. The minimum absolute atomic E-state index is 0.0995. The van der Waals surface area contributed by atoms with Gasteiger partial charge < -0.3 is 35.4 Å². The van der Waals surface area contributed by atoms with Crippen LogP contribution in [0.2, 0.25) is 5.02 Å². The van der Waals surface area contributed by atoms with Crippen LogP contribution in [-0.4, -0.2) is 85.2 Å². The number of ether oxygens (including phenoxy) is 2. The number of nitrogens with zero attached hydrogens (tertiary/aromatic N) is 3. The number of aliphatic hydroxyl groups excluding tert-OH is 1. The number of hydrogen-bond donors (Lipinski definition) is 3. The Morgan fingerprint density at radius 3 is 2.68 bits per heavy atom. The van der Waals surface area contributed by atoms with Gasteiger partial charge in [-0.05, 0) is 42.0 Å². The van der Waals surface area contributed by atoms with E-state index in [1.54, 1.807) is 35.2 Å². The lowest BCUT2D eigenvalue weighted by molar-refractivity contribution is -0.150. The molecular weight excluding hydrogens is 502 g/mol. The van der Waals surface area contributed by atoms with E-state index in [1.807, 2.05) is 0 Å². The summed E-state index contributed by atoms with van der Waals surface area (Å²) in [4.78, 5) is 46.0. The number of anilines is 2. The molecule has 3 amide bonds. The number of nitrogens with two attached hydrogens (primary N) is 1. The summed E-state index contributed by atoms with van der Waals surface area (Å²) < 4.78 is 10.8. The summed E-state index contributed by atoms with van der Waals surface area (Å²) in [7, 11) is 0. The van der Waals surface area contributed by atoms with Crippen LogP contribution in [0.3, 0.4) is 0 Å². The Morgan fingerprint density at radius 2 is 1.92 bits per heavy atom. The van der Waals surface area contributed by atoms with Crippen molar-refractivity contribution in [1.82, 2.24) is 4.90 Å². The molecule has 0 bridgehead atoms. The molecule has 3 aliphatic rings. The van der Waals surface area contributed by atoms with Gasteiger partial charge in [-0.3, -0.25) is 19.4 Å². The van der Waals surface area contributed by atoms with Gasteiger partial charge in [-0.2, -0.15) is 0 Å². The minimum atomic E-state index is -1.75. The van der Waals surface area contributed by atoms with Gasteiger partial charge in [-0.1, -0.05) is 11.6 Å². The second kappa shape index (κ2) is 10.5. The number of nitrogens with one attached hydrogen (secondary N) is 1. The first-order valence-electron chi connectivity index (χ1n) is 11.8. The summed E-state index contributed by atoms with van der Waals surface area (Å²) in [6.07, 6.45) is -3.15. The predicted octanol–water partition coefficient (Wildman–Crippen LogP) is 0.763. The second-order valence-electron chi connectivity index (χ2n) is 8.86. The van der Waals surface area contributed by atoms with Gasteiger partial charge in [0.25, 0.3) is 17.7 Å². The van der Waals surface area contributed by atoms with Crippen LogP contribution in [0.4, 0.5) is 11.4 Å². The average molecular weight is 528 g/mol. The fraction of sp³-hybridized carbons (Fsp3) is 0.360. The molecule has 194 valence electrons. The molecule has 11 nitrogen and oxygen atoms in total. The van der Waals surface area contributed by atoms with E-state index < -0.39 is 24.0 Å². The second-order valence-corrected chi connectivity index (χ2v) is 9.26. The smallest absolute Gasteiger partial charge is 0.259 e. The Kier molecular flexibility index (Phi) is 7.11. The Bertz CT molecular complexity index is 1280. The largest absolute Gasteiger partial charge is 0.383 e. The van der Waals surface area contributed by atoms with E-state index in [-0.39, 0.29) is 24.1 Å². The zero-order valence-electron chi connectivity index (χ0n) is 19.9. The number of carbonyl (C=O) groups is 3. The van der Waals surface area contributed by atoms with Gasteiger partial charge in [0.05, 0.1) is 37.0 Å². The van der Waals surface area contributed by atoms with Crippen LogP contribution in [0.25, 0.3) is 0 Å². The zero-order valence-corrected chi connectivity index (χ0v) is 20.6. The van der Waals surface area contributed by atoms with Gasteiger partial charge in [-0.15, -0.1) is 0 Å². The maximum Gasteiger partial charge on any atom is 0.259 e. The third kappa shape index (κ3) is 5.03. The first-order valence-corrected chi connectivity index (χ1v) is 12.2. The fourth-order valence-corrected chi connectivity index (χ4v) is 4.79. The normalized spacial score (nSPS) is 20.3. The Hall–Kier alpha value is -3.51. The maximum atomic E-state index is 13.2. The highest BCUT2D eigenvalue weighted by Crippen LogP contribution is 2.28. The number of aliphatic hydroxyl groups is 1. The number of amides is 3. The van der Waals surface area contributed by atoms with Crippen molar-refractivity contribution in [3.8, 4) is 0 Å². The molecule has 0 spiro atoms. The van der Waals surface area contributed by atoms with Crippen molar-refractivity contribution in [3.63, 3.8) is 0 Å². The van der Waals surface area contributed by atoms with Crippen molar-refractivity contribution in [2.24, 2.45) is 10.7 Å². The molecule has 3 aliphatic heterocycles. The van der Waals surface area contributed by atoms with Crippen LogP contribution < -0.4 is 16.0 Å². The van der Waals surface area contributed by atoms with E-state index in [1.165, 1.54) is 11.0 Å². The first kappa shape index (κ1) is 25.2. The van der Waals surface area contributed by atoms with Crippen molar-refractivity contribution < 1.29 is 29.0 Å². The quantitative estimate of drug-likeness (QED) is 0.520. The molecule has 5 rings (SSSR count). The highest BCUT2D eigenvalue weighted by molar-refractivity contribution is 6.34. The van der Waals surface area contributed by atoms with Gasteiger partial charge in [-0.25, -0.2) is 0 Å². The number of morpholine rings is 2. The maximum absolute atomic E-state index is 13.2. The molecule has 0 saturated carbocycles. The summed E-state index contributed by atoms with van der Waals surface area (Å²) >= 11 is 6.42. The highest BCUT2D eigenvalue weighted by atomic mass is 35.5. The Labute approximate surface area is 217 Å². The molecular formula is C25H26ClN5O6. The number of hydrogen-bond acceptors (Lipinski definition) is 8. The van der Waals surface area contributed by atoms with Crippen LogP contribution in [0, 0.1) is 0 Å². The van der Waals surface area contributed by atoms with Gasteiger partial charge in [0.1, 0.15) is 5.84 Å². The molecule has 2 atom stereocenters. The lowest BCUT2D eigenvalue weighted by Crippen LogP contribution is -2.55. The lowest BCUT2D eigenvalue weighted by atomic mass is 10.1. The molecule has 4 N–H and O–H groups in total. The molecule has 2 saturated heterocycles. The third-order valence-corrected chi connectivity index (χ3v) is 6.85. The lowest BCUT2D eigenvalue weighted by Gasteiger charge is -2.34. The molecule has 3 heterocycles. The summed E-state index contributed by atoms with van der Waals surface area (Å²) in [5, 5.41) is 13.5. The molecule has 12 heteroatoms. The molecule has 0 radical (unpaired) electrons. The minimum Gasteiger partial charge on any atom is -0.383 e. The van der Waals surface area contributed by atoms with E-state index >= 15 is 0 Å². The molecule has 0 aromatic heterocycles. The van der Waals surface area contributed by atoms with E-state index in [0.29, 0.717) is 55.6 Å². The number of rotatable bonds is 5. The van der Waals surface area contributed by atoms with Gasteiger partial charge in [0, 0.05) is 36.6 Å². The third-order valence-electron chi connectivity index (χ3n) is 6.54. The fourth-order valence-electron chi connectivity index (χ4n) is 4.53. The summed E-state index contributed by atoms with van der Waals surface area (Å²) in [5.41, 5.74) is 8.68. The van der Waals surface area contributed by atoms with E-state index in [9.17, 15) is 19.5 Å². The molecule has 2 aromatic rings. The molecule has 0 unspecified atom stereocenters. The average Bonchev–Trinajstić information content (AvgIpc) is 3.28. The van der Waals surface area contributed by atoms with Crippen molar-refractivity contribution >= 4 is 46.5 Å². The van der Waals surface area contributed by atoms with Gasteiger partial charge in [0.2, 0.25) is 0 Å². The van der Waals surface area contributed by atoms with E-state index in [0.717, 1.165) is 11.1 Å². The van der Waals surface area contributed by atoms with E-state index in [4.69, 9.17) is 26.8 Å². The Balaban J connectivity index is 1.26. The number of carbonyl (C=O) groups excluding carboxylic acids is 3. The van der Waals surface area contributed by atoms with Crippen LogP contribution in [0.1, 0.15) is 21.5 Å². The number of fused-ring (bicyclic) bond motifs is 1. The van der Waals surface area contributed by atoms with Crippen LogP contribution >= 0.6 is 11.6 Å². The number of halogens is 1. The summed E-state index contributed by atoms with van der Waals surface area (Å²) in [5.74, 6) is -1.14. The Morgan fingerprint density at radius 1 is 1.14 bits per heavy atom.